The van der Waals surface area contributed by atoms with Gasteiger partial charge in [0.25, 0.3) is 0 Å². The standard InChI is InChI=1S/C46H25N3OS/c1-47-30-19-20-32-37-25-28(18-23-38(37)49(39(32)26-30)31-12-3-2-4-13-31)27-10-9-11-29(24-27)43-42-35-15-5-7-16-40(35)50-45(42)36-22-21-34-33-14-6-8-17-41(33)51-46(34)44(36)48-43/h2-26H. The number of rotatable bonds is 3. The van der Waals surface area contributed by atoms with Crippen molar-refractivity contribution in [2.45, 2.75) is 0 Å². The number of pyridine rings is 1. The van der Waals surface area contributed by atoms with Crippen LogP contribution in [0.15, 0.2) is 156 Å². The monoisotopic (exact) mass is 667 g/mol. The molecule has 51 heavy (non-hydrogen) atoms. The number of fused-ring (bicyclic) bond motifs is 12. The van der Waals surface area contributed by atoms with Gasteiger partial charge < -0.3 is 8.98 Å². The van der Waals surface area contributed by atoms with E-state index in [0.717, 1.165) is 82.7 Å². The van der Waals surface area contributed by atoms with Gasteiger partial charge in [-0.1, -0.05) is 97.1 Å². The van der Waals surface area contributed by atoms with Gasteiger partial charge in [0.2, 0.25) is 0 Å². The van der Waals surface area contributed by atoms with E-state index in [2.05, 4.69) is 131 Å². The molecule has 0 atom stereocenters. The second-order valence-corrected chi connectivity index (χ2v) is 14.0. The zero-order chi connectivity index (χ0) is 33.6. The Balaban J connectivity index is 1.16. The molecule has 0 N–H and O–H groups in total. The zero-order valence-corrected chi connectivity index (χ0v) is 27.9. The minimum absolute atomic E-state index is 0.629. The Labute approximate surface area is 295 Å². The number of hydrogen-bond donors (Lipinski definition) is 0. The van der Waals surface area contributed by atoms with Crippen LogP contribution in [0.3, 0.4) is 0 Å². The quantitative estimate of drug-likeness (QED) is 0.176. The van der Waals surface area contributed by atoms with Crippen LogP contribution in [0.25, 0.3) is 108 Å². The number of para-hydroxylation sites is 2. The molecule has 4 nitrogen and oxygen atoms in total. The summed E-state index contributed by atoms with van der Waals surface area (Å²) in [4.78, 5) is 9.26. The maximum atomic E-state index is 7.67. The zero-order valence-electron chi connectivity index (χ0n) is 27.1. The van der Waals surface area contributed by atoms with Gasteiger partial charge >= 0.3 is 0 Å². The van der Waals surface area contributed by atoms with E-state index < -0.39 is 0 Å². The number of hydrogen-bond acceptors (Lipinski definition) is 3. The molecule has 0 fully saturated rings. The fraction of sp³-hybridized carbons (Fsp3) is 0. The Bertz CT molecular complexity index is 3270. The Kier molecular flexibility index (Phi) is 5.86. The summed E-state index contributed by atoms with van der Waals surface area (Å²) in [6.07, 6.45) is 0. The molecule has 0 saturated heterocycles. The van der Waals surface area contributed by atoms with Crippen molar-refractivity contribution in [2.75, 3.05) is 0 Å². The maximum Gasteiger partial charge on any atom is 0.189 e. The minimum atomic E-state index is 0.629. The fourth-order valence-electron chi connectivity index (χ4n) is 7.88. The summed E-state index contributed by atoms with van der Waals surface area (Å²) in [5.74, 6) is 0. The average molecular weight is 668 g/mol. The average Bonchev–Trinajstić information content (AvgIpc) is 3.87. The third-order valence-electron chi connectivity index (χ3n) is 10.2. The van der Waals surface area contributed by atoms with Gasteiger partial charge in [-0.15, -0.1) is 11.3 Å². The third kappa shape index (κ3) is 4.09. The van der Waals surface area contributed by atoms with E-state index >= 15 is 0 Å². The Hall–Kier alpha value is -6.74. The molecule has 5 heteroatoms. The molecular weight excluding hydrogens is 643 g/mol. The van der Waals surface area contributed by atoms with Crippen molar-refractivity contribution in [3.05, 3.63) is 163 Å². The lowest BCUT2D eigenvalue weighted by atomic mass is 9.97. The summed E-state index contributed by atoms with van der Waals surface area (Å²) < 4.78 is 11.3. The van der Waals surface area contributed by atoms with Crippen LogP contribution < -0.4 is 0 Å². The summed E-state index contributed by atoms with van der Waals surface area (Å²) in [7, 11) is 0. The van der Waals surface area contributed by atoms with Crippen molar-refractivity contribution >= 4 is 91.8 Å². The maximum absolute atomic E-state index is 7.67. The second-order valence-electron chi connectivity index (χ2n) is 13.0. The molecule has 0 aliphatic carbocycles. The molecule has 11 aromatic rings. The first-order chi connectivity index (χ1) is 25.2. The topological polar surface area (TPSA) is 35.3 Å². The van der Waals surface area contributed by atoms with Crippen LogP contribution in [0.5, 0.6) is 0 Å². The molecule has 11 rings (SSSR count). The molecule has 4 heterocycles. The van der Waals surface area contributed by atoms with Crippen LogP contribution in [0.1, 0.15) is 0 Å². The van der Waals surface area contributed by atoms with E-state index in [1.807, 2.05) is 30.3 Å². The number of benzene rings is 7. The van der Waals surface area contributed by atoms with Crippen LogP contribution in [0.4, 0.5) is 5.69 Å². The number of furan rings is 1. The van der Waals surface area contributed by atoms with E-state index in [1.54, 1.807) is 11.3 Å². The van der Waals surface area contributed by atoms with E-state index in [4.69, 9.17) is 16.0 Å². The van der Waals surface area contributed by atoms with E-state index in [-0.39, 0.29) is 0 Å². The predicted octanol–water partition coefficient (Wildman–Crippen LogP) is 13.5. The molecular formula is C46H25N3OS. The highest BCUT2D eigenvalue weighted by atomic mass is 32.1. The molecule has 0 aliphatic rings. The van der Waals surface area contributed by atoms with Gasteiger partial charge in [-0.05, 0) is 65.7 Å². The molecule has 0 bridgehead atoms. The second kappa shape index (κ2) is 10.6. The summed E-state index contributed by atoms with van der Waals surface area (Å²) in [5, 5.41) is 7.87. The molecule has 236 valence electrons. The highest BCUT2D eigenvalue weighted by Gasteiger charge is 2.21. The van der Waals surface area contributed by atoms with Crippen molar-refractivity contribution in [1.82, 2.24) is 9.55 Å². The van der Waals surface area contributed by atoms with Gasteiger partial charge in [0.15, 0.2) is 5.69 Å². The summed E-state index contributed by atoms with van der Waals surface area (Å²) in [6.45, 7) is 7.67. The first-order valence-corrected chi connectivity index (χ1v) is 17.7. The first kappa shape index (κ1) is 28.1. The van der Waals surface area contributed by atoms with Crippen molar-refractivity contribution < 1.29 is 4.42 Å². The largest absolute Gasteiger partial charge is 0.455 e. The molecule has 0 unspecified atom stereocenters. The van der Waals surface area contributed by atoms with Crippen LogP contribution in [0, 0.1) is 6.57 Å². The molecule has 0 spiro atoms. The molecule has 4 aromatic heterocycles. The van der Waals surface area contributed by atoms with Crippen molar-refractivity contribution in [1.29, 1.82) is 0 Å². The molecule has 7 aromatic carbocycles. The third-order valence-corrected chi connectivity index (χ3v) is 11.4. The van der Waals surface area contributed by atoms with Gasteiger partial charge in [0, 0.05) is 53.8 Å². The van der Waals surface area contributed by atoms with Gasteiger partial charge in [0.1, 0.15) is 11.2 Å². The first-order valence-electron chi connectivity index (χ1n) is 16.9. The van der Waals surface area contributed by atoms with E-state index in [0.29, 0.717) is 5.69 Å². The smallest absolute Gasteiger partial charge is 0.189 e. The molecule has 0 saturated carbocycles. The van der Waals surface area contributed by atoms with Crippen molar-refractivity contribution in [2.24, 2.45) is 0 Å². The lowest BCUT2D eigenvalue weighted by molar-refractivity contribution is 0.672. The Morgan fingerprint density at radius 3 is 2.24 bits per heavy atom. The van der Waals surface area contributed by atoms with Crippen LogP contribution >= 0.6 is 11.3 Å². The number of nitrogens with zero attached hydrogens (tertiary/aromatic N) is 3. The van der Waals surface area contributed by atoms with Crippen molar-refractivity contribution in [3.63, 3.8) is 0 Å². The van der Waals surface area contributed by atoms with E-state index in [9.17, 15) is 0 Å². The van der Waals surface area contributed by atoms with Gasteiger partial charge in [-0.3, -0.25) is 0 Å². The molecule has 0 amide bonds. The Morgan fingerprint density at radius 1 is 0.569 bits per heavy atom. The van der Waals surface area contributed by atoms with Gasteiger partial charge in [-0.25, -0.2) is 9.83 Å². The summed E-state index contributed by atoms with van der Waals surface area (Å²) in [5.41, 5.74) is 10.7. The minimum Gasteiger partial charge on any atom is -0.455 e. The summed E-state index contributed by atoms with van der Waals surface area (Å²) in [6, 6.07) is 53.0. The van der Waals surface area contributed by atoms with Crippen LogP contribution in [0.2, 0.25) is 0 Å². The van der Waals surface area contributed by atoms with Crippen molar-refractivity contribution in [3.8, 4) is 28.1 Å². The lowest BCUT2D eigenvalue weighted by Crippen LogP contribution is -1.93. The highest BCUT2D eigenvalue weighted by Crippen LogP contribution is 2.45. The predicted molar refractivity (Wildman–Crippen MR) is 213 cm³/mol. The Morgan fingerprint density at radius 2 is 1.33 bits per heavy atom. The fourth-order valence-corrected chi connectivity index (χ4v) is 9.07. The molecule has 0 aliphatic heterocycles. The lowest BCUT2D eigenvalue weighted by Gasteiger charge is -2.10. The summed E-state index contributed by atoms with van der Waals surface area (Å²) >= 11 is 1.79. The number of thiophene rings is 1. The van der Waals surface area contributed by atoms with E-state index in [1.165, 1.54) is 20.2 Å². The van der Waals surface area contributed by atoms with Gasteiger partial charge in [0.05, 0.1) is 33.4 Å². The van der Waals surface area contributed by atoms with Crippen LogP contribution in [-0.2, 0) is 0 Å². The van der Waals surface area contributed by atoms with Crippen LogP contribution in [-0.4, -0.2) is 9.55 Å². The molecule has 0 radical (unpaired) electrons. The highest BCUT2D eigenvalue weighted by molar-refractivity contribution is 7.26. The normalized spacial score (nSPS) is 11.9. The van der Waals surface area contributed by atoms with Gasteiger partial charge in [-0.2, -0.15) is 0 Å². The SMILES string of the molecule is [C-]#[N+]c1ccc2c3cc(-c4cccc(-c5nc6c(ccc7c8ccccc8sc76)c6oc7ccccc7c56)c4)ccc3n(-c3ccccc3)c2c1. The number of aromatic nitrogens is 2.